The minimum Gasteiger partial charge on any atom is -0.354 e. The highest BCUT2D eigenvalue weighted by atomic mass is 15.1. The quantitative estimate of drug-likeness (QED) is 0.579. The average molecular weight is 372 g/mol. The molecule has 0 atom stereocenters. The molecule has 0 saturated heterocycles. The second-order valence-electron chi connectivity index (χ2n) is 6.73. The van der Waals surface area contributed by atoms with Crippen molar-refractivity contribution < 1.29 is 0 Å². The molecule has 0 aliphatic rings. The summed E-state index contributed by atoms with van der Waals surface area (Å²) < 4.78 is 0. The molecule has 0 unspecified atom stereocenters. The van der Waals surface area contributed by atoms with Crippen molar-refractivity contribution in [2.75, 3.05) is 37.8 Å². The number of nitrogens with one attached hydrogen (secondary N) is 2. The fraction of sp³-hybridized carbons (Fsp3) is 0.227. The number of benzene rings is 2. The molecule has 28 heavy (non-hydrogen) atoms. The van der Waals surface area contributed by atoms with Crippen molar-refractivity contribution in [3.63, 3.8) is 0 Å². The Bertz CT molecular complexity index is 929. The summed E-state index contributed by atoms with van der Waals surface area (Å²) in [6.45, 7) is 1.80. The van der Waals surface area contributed by atoms with Crippen LogP contribution in [0.3, 0.4) is 0 Å². The first-order valence-electron chi connectivity index (χ1n) is 9.24. The van der Waals surface area contributed by atoms with E-state index in [4.69, 9.17) is 5.26 Å². The van der Waals surface area contributed by atoms with E-state index in [1.54, 1.807) is 12.1 Å². The van der Waals surface area contributed by atoms with Crippen LogP contribution < -0.4 is 10.6 Å². The van der Waals surface area contributed by atoms with Gasteiger partial charge in [-0.3, -0.25) is 0 Å². The van der Waals surface area contributed by atoms with Gasteiger partial charge < -0.3 is 15.5 Å². The molecule has 0 bridgehead atoms. The van der Waals surface area contributed by atoms with E-state index in [0.717, 1.165) is 36.5 Å². The molecule has 1 aromatic heterocycles. The Balaban J connectivity index is 1.82. The molecule has 0 spiro atoms. The predicted molar refractivity (Wildman–Crippen MR) is 114 cm³/mol. The van der Waals surface area contributed by atoms with Gasteiger partial charge in [-0.2, -0.15) is 10.2 Å². The summed E-state index contributed by atoms with van der Waals surface area (Å²) in [5.74, 6) is 1.30. The zero-order valence-corrected chi connectivity index (χ0v) is 16.2. The number of nitriles is 1. The van der Waals surface area contributed by atoms with Crippen LogP contribution in [0.15, 0.2) is 60.7 Å². The molecule has 6 heteroatoms. The molecule has 0 fully saturated rings. The topological polar surface area (TPSA) is 76.9 Å². The minimum absolute atomic E-state index is 0.594. The molecule has 0 amide bonds. The molecular formula is C22H24N6. The van der Waals surface area contributed by atoms with E-state index in [2.05, 4.69) is 45.7 Å². The summed E-state index contributed by atoms with van der Waals surface area (Å²) in [6, 6.07) is 21.4. The van der Waals surface area contributed by atoms with E-state index >= 15 is 0 Å². The Kier molecular flexibility index (Phi) is 6.55. The van der Waals surface area contributed by atoms with Crippen molar-refractivity contribution in [3.05, 3.63) is 66.2 Å². The van der Waals surface area contributed by atoms with Gasteiger partial charge in [-0.1, -0.05) is 30.3 Å². The van der Waals surface area contributed by atoms with E-state index in [0.29, 0.717) is 17.3 Å². The van der Waals surface area contributed by atoms with Crippen molar-refractivity contribution in [2.24, 2.45) is 0 Å². The highest BCUT2D eigenvalue weighted by Gasteiger charge is 2.07. The van der Waals surface area contributed by atoms with Crippen molar-refractivity contribution in [3.8, 4) is 17.3 Å². The van der Waals surface area contributed by atoms with Crippen LogP contribution in [-0.2, 0) is 0 Å². The zero-order valence-electron chi connectivity index (χ0n) is 16.2. The molecule has 0 aliphatic heterocycles. The van der Waals surface area contributed by atoms with Gasteiger partial charge >= 0.3 is 0 Å². The van der Waals surface area contributed by atoms with Crippen LogP contribution in [0, 0.1) is 11.3 Å². The first-order valence-corrected chi connectivity index (χ1v) is 9.24. The Morgan fingerprint density at radius 1 is 1.00 bits per heavy atom. The number of hydrogen-bond donors (Lipinski definition) is 2. The molecule has 1 heterocycles. The van der Waals surface area contributed by atoms with Gasteiger partial charge in [-0.05, 0) is 51.3 Å². The second-order valence-corrected chi connectivity index (χ2v) is 6.73. The van der Waals surface area contributed by atoms with Crippen molar-refractivity contribution in [1.29, 1.82) is 5.26 Å². The molecule has 3 rings (SSSR count). The third kappa shape index (κ3) is 5.53. The van der Waals surface area contributed by atoms with Gasteiger partial charge in [-0.15, -0.1) is 0 Å². The van der Waals surface area contributed by atoms with Crippen LogP contribution in [0.1, 0.15) is 12.0 Å². The van der Waals surface area contributed by atoms with Gasteiger partial charge in [0, 0.05) is 23.9 Å². The Labute approximate surface area is 165 Å². The summed E-state index contributed by atoms with van der Waals surface area (Å²) in [7, 11) is 4.12. The summed E-state index contributed by atoms with van der Waals surface area (Å²) >= 11 is 0. The van der Waals surface area contributed by atoms with Gasteiger partial charge in [0.2, 0.25) is 5.95 Å². The van der Waals surface area contributed by atoms with Gasteiger partial charge in [0.05, 0.1) is 17.3 Å². The molecule has 3 aromatic rings. The maximum Gasteiger partial charge on any atom is 0.225 e. The average Bonchev–Trinajstić information content (AvgIpc) is 2.72. The normalized spacial score (nSPS) is 10.5. The largest absolute Gasteiger partial charge is 0.354 e. The fourth-order valence-electron chi connectivity index (χ4n) is 2.72. The molecule has 0 radical (unpaired) electrons. The molecule has 0 aliphatic carbocycles. The van der Waals surface area contributed by atoms with Gasteiger partial charge in [-0.25, -0.2) is 4.98 Å². The molecule has 142 valence electrons. The summed E-state index contributed by atoms with van der Waals surface area (Å²) in [4.78, 5) is 11.4. The minimum atomic E-state index is 0.594. The number of aromatic nitrogens is 2. The first-order chi connectivity index (χ1) is 13.6. The van der Waals surface area contributed by atoms with Crippen molar-refractivity contribution >= 4 is 17.5 Å². The predicted octanol–water partition coefficient (Wildman–Crippen LogP) is 4.12. The van der Waals surface area contributed by atoms with Crippen LogP contribution >= 0.6 is 0 Å². The Morgan fingerprint density at radius 2 is 1.75 bits per heavy atom. The van der Waals surface area contributed by atoms with Crippen LogP contribution in [-0.4, -0.2) is 42.1 Å². The number of hydrogen-bond acceptors (Lipinski definition) is 6. The van der Waals surface area contributed by atoms with Crippen LogP contribution in [0.5, 0.6) is 0 Å². The zero-order chi connectivity index (χ0) is 19.8. The lowest BCUT2D eigenvalue weighted by molar-refractivity contribution is 0.405. The van der Waals surface area contributed by atoms with E-state index in [-0.39, 0.29) is 0 Å². The first kappa shape index (κ1) is 19.3. The van der Waals surface area contributed by atoms with E-state index < -0.39 is 0 Å². The summed E-state index contributed by atoms with van der Waals surface area (Å²) in [5.41, 5.74) is 3.38. The number of nitrogens with zero attached hydrogens (tertiary/aromatic N) is 4. The van der Waals surface area contributed by atoms with E-state index in [1.165, 1.54) is 0 Å². The Morgan fingerprint density at radius 3 is 2.43 bits per heavy atom. The van der Waals surface area contributed by atoms with E-state index in [1.807, 2.05) is 48.5 Å². The lowest BCUT2D eigenvalue weighted by Gasteiger charge is -2.13. The highest BCUT2D eigenvalue weighted by molar-refractivity contribution is 5.67. The third-order valence-corrected chi connectivity index (χ3v) is 4.15. The fourth-order valence-corrected chi connectivity index (χ4v) is 2.72. The molecular weight excluding hydrogens is 348 g/mol. The number of rotatable bonds is 8. The van der Waals surface area contributed by atoms with Crippen LogP contribution in [0.2, 0.25) is 0 Å². The molecule has 2 N–H and O–H groups in total. The molecule has 6 nitrogen and oxygen atoms in total. The standard InChI is InChI=1S/C22H24N6/c1-28(2)14-6-13-24-22-26-20(18-7-4-3-5-8-18)15-21(27-22)25-19-11-9-17(16-23)10-12-19/h3-5,7-12,15H,6,13-14H2,1-2H3,(H2,24,25,26,27). The Hall–Kier alpha value is -3.43. The van der Waals surface area contributed by atoms with Gasteiger partial charge in [0.25, 0.3) is 0 Å². The maximum absolute atomic E-state index is 8.95. The van der Waals surface area contributed by atoms with Crippen LogP contribution in [0.25, 0.3) is 11.3 Å². The van der Waals surface area contributed by atoms with Gasteiger partial charge in [0.1, 0.15) is 5.82 Å². The van der Waals surface area contributed by atoms with Gasteiger partial charge in [0.15, 0.2) is 0 Å². The molecule has 0 saturated carbocycles. The second kappa shape index (κ2) is 9.49. The van der Waals surface area contributed by atoms with Crippen molar-refractivity contribution in [1.82, 2.24) is 14.9 Å². The lowest BCUT2D eigenvalue weighted by Crippen LogP contribution is -2.17. The highest BCUT2D eigenvalue weighted by Crippen LogP contribution is 2.23. The summed E-state index contributed by atoms with van der Waals surface area (Å²) in [5, 5.41) is 15.6. The summed E-state index contributed by atoms with van der Waals surface area (Å²) in [6.07, 6.45) is 1.00. The maximum atomic E-state index is 8.95. The monoisotopic (exact) mass is 372 g/mol. The van der Waals surface area contributed by atoms with E-state index in [9.17, 15) is 0 Å². The van der Waals surface area contributed by atoms with Crippen LogP contribution in [0.4, 0.5) is 17.5 Å². The number of anilines is 3. The van der Waals surface area contributed by atoms with Crippen molar-refractivity contribution in [2.45, 2.75) is 6.42 Å². The smallest absolute Gasteiger partial charge is 0.225 e. The third-order valence-electron chi connectivity index (χ3n) is 4.15. The molecule has 2 aromatic carbocycles. The SMILES string of the molecule is CN(C)CCCNc1nc(Nc2ccc(C#N)cc2)cc(-c2ccccc2)n1. The lowest BCUT2D eigenvalue weighted by atomic mass is 10.1.